The maximum Gasteiger partial charge on any atom is 0.259 e. The number of rotatable bonds is 6. The predicted molar refractivity (Wildman–Crippen MR) is 86.0 cm³/mol. The number of carbonyl (C=O) groups is 1. The van der Waals surface area contributed by atoms with Crippen LogP contribution >= 0.6 is 0 Å². The summed E-state index contributed by atoms with van der Waals surface area (Å²) in [6.45, 7) is 4.59. The fourth-order valence-corrected chi connectivity index (χ4v) is 2.18. The first-order valence-corrected chi connectivity index (χ1v) is 7.36. The van der Waals surface area contributed by atoms with Gasteiger partial charge in [0.2, 0.25) is 0 Å². The van der Waals surface area contributed by atoms with E-state index in [1.54, 1.807) is 6.07 Å². The molecule has 1 N–H and O–H groups in total. The quantitative estimate of drug-likeness (QED) is 0.858. The van der Waals surface area contributed by atoms with Crippen LogP contribution in [0.15, 0.2) is 48.5 Å². The molecule has 0 aliphatic heterocycles. The van der Waals surface area contributed by atoms with E-state index in [1.165, 1.54) is 5.56 Å². The van der Waals surface area contributed by atoms with Crippen molar-refractivity contribution < 1.29 is 9.53 Å². The molecule has 110 valence electrons. The highest BCUT2D eigenvalue weighted by Crippen LogP contribution is 2.20. The van der Waals surface area contributed by atoms with E-state index in [1.807, 2.05) is 49.4 Å². The van der Waals surface area contributed by atoms with Crippen molar-refractivity contribution in [3.63, 3.8) is 0 Å². The van der Waals surface area contributed by atoms with E-state index in [9.17, 15) is 4.79 Å². The molecule has 0 saturated heterocycles. The van der Waals surface area contributed by atoms with Crippen molar-refractivity contribution in [3.05, 3.63) is 59.7 Å². The monoisotopic (exact) mass is 283 g/mol. The molecule has 0 spiro atoms. The molecule has 2 rings (SSSR count). The lowest BCUT2D eigenvalue weighted by molar-refractivity contribution is 0.102. The van der Waals surface area contributed by atoms with Gasteiger partial charge in [-0.2, -0.15) is 0 Å². The molecule has 0 aliphatic carbocycles. The second-order valence-electron chi connectivity index (χ2n) is 4.83. The first-order valence-electron chi connectivity index (χ1n) is 7.36. The van der Waals surface area contributed by atoms with Crippen molar-refractivity contribution >= 4 is 11.6 Å². The fraction of sp³-hybridized carbons (Fsp3) is 0.278. The first-order chi connectivity index (χ1) is 10.2. The maximum absolute atomic E-state index is 12.3. The van der Waals surface area contributed by atoms with Crippen LogP contribution < -0.4 is 10.1 Å². The van der Waals surface area contributed by atoms with Crippen LogP contribution in [-0.2, 0) is 6.42 Å². The summed E-state index contributed by atoms with van der Waals surface area (Å²) in [5.41, 5.74) is 2.63. The zero-order chi connectivity index (χ0) is 15.1. The van der Waals surface area contributed by atoms with Crippen molar-refractivity contribution in [2.24, 2.45) is 0 Å². The third kappa shape index (κ3) is 4.09. The summed E-state index contributed by atoms with van der Waals surface area (Å²) in [7, 11) is 0. The van der Waals surface area contributed by atoms with Crippen LogP contribution in [0.4, 0.5) is 5.69 Å². The summed E-state index contributed by atoms with van der Waals surface area (Å²) in [5.74, 6) is 0.461. The van der Waals surface area contributed by atoms with Gasteiger partial charge in [0.25, 0.3) is 5.91 Å². The predicted octanol–water partition coefficient (Wildman–Crippen LogP) is 4.29. The number of amides is 1. The van der Waals surface area contributed by atoms with Crippen molar-refractivity contribution in [2.45, 2.75) is 26.7 Å². The normalized spacial score (nSPS) is 10.2. The molecule has 0 radical (unpaired) electrons. The van der Waals surface area contributed by atoms with Gasteiger partial charge in [-0.05, 0) is 43.2 Å². The first kappa shape index (κ1) is 15.1. The minimum absolute atomic E-state index is 0.151. The van der Waals surface area contributed by atoms with Gasteiger partial charge in [0.05, 0.1) is 12.2 Å². The average molecular weight is 283 g/mol. The van der Waals surface area contributed by atoms with Crippen molar-refractivity contribution in [2.75, 3.05) is 11.9 Å². The zero-order valence-electron chi connectivity index (χ0n) is 12.6. The molecule has 0 fully saturated rings. The van der Waals surface area contributed by atoms with Gasteiger partial charge in [-0.3, -0.25) is 4.79 Å². The number of anilines is 1. The largest absolute Gasteiger partial charge is 0.493 e. The minimum atomic E-state index is -0.151. The number of hydrogen-bond acceptors (Lipinski definition) is 2. The van der Waals surface area contributed by atoms with Gasteiger partial charge in [-0.15, -0.1) is 0 Å². The van der Waals surface area contributed by atoms with Gasteiger partial charge in [-0.25, -0.2) is 0 Å². The smallest absolute Gasteiger partial charge is 0.259 e. The minimum Gasteiger partial charge on any atom is -0.493 e. The van der Waals surface area contributed by atoms with Gasteiger partial charge >= 0.3 is 0 Å². The Morgan fingerprint density at radius 2 is 1.76 bits per heavy atom. The Balaban J connectivity index is 2.10. The molecule has 21 heavy (non-hydrogen) atoms. The highest BCUT2D eigenvalue weighted by atomic mass is 16.5. The molecule has 2 aromatic carbocycles. The van der Waals surface area contributed by atoms with E-state index >= 15 is 0 Å². The van der Waals surface area contributed by atoms with E-state index in [0.717, 1.165) is 18.5 Å². The number of benzene rings is 2. The van der Waals surface area contributed by atoms with Gasteiger partial charge in [-0.1, -0.05) is 37.6 Å². The molecule has 0 atom stereocenters. The lowest BCUT2D eigenvalue weighted by Gasteiger charge is -2.10. The second kappa shape index (κ2) is 7.48. The van der Waals surface area contributed by atoms with Crippen LogP contribution in [0, 0.1) is 0 Å². The molecule has 1 amide bonds. The van der Waals surface area contributed by atoms with Gasteiger partial charge in [0.15, 0.2) is 0 Å². The lowest BCUT2D eigenvalue weighted by atomic mass is 10.1. The van der Waals surface area contributed by atoms with E-state index in [2.05, 4.69) is 12.2 Å². The standard InChI is InChI=1S/C18H21NO2/c1-3-7-14-10-12-15(13-11-14)19-18(20)16-8-5-6-9-17(16)21-4-2/h5-6,8-13H,3-4,7H2,1-2H3,(H,19,20). The van der Waals surface area contributed by atoms with Crippen molar-refractivity contribution in [1.82, 2.24) is 0 Å². The highest BCUT2D eigenvalue weighted by molar-refractivity contribution is 6.06. The summed E-state index contributed by atoms with van der Waals surface area (Å²) >= 11 is 0. The molecule has 0 bridgehead atoms. The lowest BCUT2D eigenvalue weighted by Crippen LogP contribution is -2.13. The summed E-state index contributed by atoms with van der Waals surface area (Å²) in [6, 6.07) is 15.2. The van der Waals surface area contributed by atoms with Crippen LogP contribution in [0.25, 0.3) is 0 Å². The molecule has 0 aromatic heterocycles. The third-order valence-corrected chi connectivity index (χ3v) is 3.18. The van der Waals surface area contributed by atoms with Gasteiger partial charge in [0.1, 0.15) is 5.75 Å². The maximum atomic E-state index is 12.3. The Bertz CT molecular complexity index is 590. The Hall–Kier alpha value is -2.29. The van der Waals surface area contributed by atoms with E-state index in [4.69, 9.17) is 4.74 Å². The average Bonchev–Trinajstić information content (AvgIpc) is 2.50. The summed E-state index contributed by atoms with van der Waals surface area (Å²) in [4.78, 5) is 12.3. The highest BCUT2D eigenvalue weighted by Gasteiger charge is 2.11. The molecular weight excluding hydrogens is 262 g/mol. The topological polar surface area (TPSA) is 38.3 Å². The van der Waals surface area contributed by atoms with Gasteiger partial charge in [0, 0.05) is 5.69 Å². The number of aryl methyl sites for hydroxylation is 1. The van der Waals surface area contributed by atoms with Crippen LogP contribution in [0.3, 0.4) is 0 Å². The van der Waals surface area contributed by atoms with Crippen molar-refractivity contribution in [3.8, 4) is 5.75 Å². The second-order valence-corrected chi connectivity index (χ2v) is 4.83. The summed E-state index contributed by atoms with van der Waals surface area (Å²) < 4.78 is 5.49. The molecule has 0 aliphatic rings. The summed E-state index contributed by atoms with van der Waals surface area (Å²) in [5, 5.41) is 2.91. The SMILES string of the molecule is CCCc1ccc(NC(=O)c2ccccc2OCC)cc1. The Kier molecular flexibility index (Phi) is 5.38. The number of ether oxygens (including phenoxy) is 1. The fourth-order valence-electron chi connectivity index (χ4n) is 2.18. The molecular formula is C18H21NO2. The Morgan fingerprint density at radius 1 is 1.05 bits per heavy atom. The molecule has 0 unspecified atom stereocenters. The molecule has 3 heteroatoms. The van der Waals surface area contributed by atoms with Crippen LogP contribution in [0.2, 0.25) is 0 Å². The summed E-state index contributed by atoms with van der Waals surface area (Å²) in [6.07, 6.45) is 2.18. The molecule has 2 aromatic rings. The number of para-hydroxylation sites is 1. The third-order valence-electron chi connectivity index (χ3n) is 3.18. The Morgan fingerprint density at radius 3 is 2.43 bits per heavy atom. The van der Waals surface area contributed by atoms with Gasteiger partial charge < -0.3 is 10.1 Å². The van der Waals surface area contributed by atoms with E-state index in [-0.39, 0.29) is 5.91 Å². The van der Waals surface area contributed by atoms with E-state index < -0.39 is 0 Å². The van der Waals surface area contributed by atoms with Crippen molar-refractivity contribution in [1.29, 1.82) is 0 Å². The van der Waals surface area contributed by atoms with E-state index in [0.29, 0.717) is 17.9 Å². The van der Waals surface area contributed by atoms with Crippen LogP contribution in [0.5, 0.6) is 5.75 Å². The number of hydrogen-bond donors (Lipinski definition) is 1. The molecule has 0 saturated carbocycles. The van der Waals surface area contributed by atoms with Crippen LogP contribution in [0.1, 0.15) is 36.2 Å². The Labute approximate surface area is 126 Å². The number of nitrogens with one attached hydrogen (secondary N) is 1. The zero-order valence-corrected chi connectivity index (χ0v) is 12.6. The molecule has 3 nitrogen and oxygen atoms in total. The number of carbonyl (C=O) groups excluding carboxylic acids is 1. The molecule has 0 heterocycles. The van der Waals surface area contributed by atoms with Crippen LogP contribution in [-0.4, -0.2) is 12.5 Å².